The molecule has 1 fully saturated rings. The van der Waals surface area contributed by atoms with Gasteiger partial charge in [0.25, 0.3) is 0 Å². The van der Waals surface area contributed by atoms with Crippen LogP contribution >= 0.6 is 11.6 Å². The molecule has 2 nitrogen and oxygen atoms in total. The predicted octanol–water partition coefficient (Wildman–Crippen LogP) is 3.44. The highest BCUT2D eigenvalue weighted by molar-refractivity contribution is 6.30. The zero-order chi connectivity index (χ0) is 14.0. The summed E-state index contributed by atoms with van der Waals surface area (Å²) in [7, 11) is 0. The van der Waals surface area contributed by atoms with E-state index in [2.05, 4.69) is 31.0 Å². The van der Waals surface area contributed by atoms with Crippen molar-refractivity contribution in [2.45, 2.75) is 45.3 Å². The molecule has 106 valence electrons. The average molecular weight is 285 g/mol. The molecule has 0 bridgehead atoms. The lowest BCUT2D eigenvalue weighted by atomic mass is 9.91. The first-order chi connectivity index (χ1) is 8.94. The third-order valence-corrected chi connectivity index (χ3v) is 4.51. The number of rotatable bonds is 3. The number of hydrogen-bond donors (Lipinski definition) is 1. The van der Waals surface area contributed by atoms with Crippen LogP contribution in [0.25, 0.3) is 0 Å². The van der Waals surface area contributed by atoms with Gasteiger partial charge in [0.2, 0.25) is 0 Å². The molecule has 0 amide bonds. The van der Waals surface area contributed by atoms with Gasteiger partial charge in [-0.05, 0) is 38.0 Å². The Morgan fingerprint density at radius 2 is 2.26 bits per heavy atom. The summed E-state index contributed by atoms with van der Waals surface area (Å²) in [4.78, 5) is 2.44. The van der Waals surface area contributed by atoms with Gasteiger partial charge in [0.05, 0.1) is 5.02 Å². The minimum Gasteiger partial charge on any atom is -0.311 e. The largest absolute Gasteiger partial charge is 0.311 e. The van der Waals surface area contributed by atoms with Crippen LogP contribution in [0.4, 0.5) is 4.39 Å². The first-order valence-corrected chi connectivity index (χ1v) is 7.25. The molecular formula is C15H22ClFN2. The average Bonchev–Trinajstić information content (AvgIpc) is 2.38. The lowest BCUT2D eigenvalue weighted by Crippen LogP contribution is -2.61. The highest BCUT2D eigenvalue weighted by atomic mass is 35.5. The van der Waals surface area contributed by atoms with E-state index in [4.69, 9.17) is 11.6 Å². The van der Waals surface area contributed by atoms with Gasteiger partial charge in [-0.3, -0.25) is 4.90 Å². The van der Waals surface area contributed by atoms with E-state index < -0.39 is 0 Å². The van der Waals surface area contributed by atoms with Crippen LogP contribution in [0.3, 0.4) is 0 Å². The maximum Gasteiger partial charge on any atom is 0.142 e. The maximum atomic E-state index is 13.5. The fraction of sp³-hybridized carbons (Fsp3) is 0.600. The Balaban J connectivity index is 2.16. The minimum absolute atomic E-state index is 0.128. The van der Waals surface area contributed by atoms with E-state index in [0.717, 1.165) is 31.6 Å². The van der Waals surface area contributed by atoms with Crippen LogP contribution in [0.2, 0.25) is 5.02 Å². The van der Waals surface area contributed by atoms with Crippen LogP contribution in [0, 0.1) is 5.82 Å². The Bertz CT molecular complexity index is 452. The molecule has 0 saturated carbocycles. The number of piperazine rings is 1. The van der Waals surface area contributed by atoms with Crippen LogP contribution in [-0.4, -0.2) is 29.6 Å². The van der Waals surface area contributed by atoms with Gasteiger partial charge in [0, 0.05) is 31.2 Å². The lowest BCUT2D eigenvalue weighted by Gasteiger charge is -2.47. The van der Waals surface area contributed by atoms with E-state index in [0.29, 0.717) is 6.04 Å². The van der Waals surface area contributed by atoms with Crippen molar-refractivity contribution in [1.82, 2.24) is 10.2 Å². The van der Waals surface area contributed by atoms with Gasteiger partial charge in [-0.1, -0.05) is 24.6 Å². The summed E-state index contributed by atoms with van der Waals surface area (Å²) in [5.74, 6) is -0.333. The summed E-state index contributed by atoms with van der Waals surface area (Å²) < 4.78 is 13.5. The van der Waals surface area contributed by atoms with Crippen molar-refractivity contribution in [1.29, 1.82) is 0 Å². The molecule has 0 spiro atoms. The Morgan fingerprint density at radius 1 is 1.53 bits per heavy atom. The zero-order valence-electron chi connectivity index (χ0n) is 11.8. The van der Waals surface area contributed by atoms with Crippen molar-refractivity contribution >= 4 is 11.6 Å². The SMILES string of the molecule is CCC1(C)CNC(C)CN1Cc1ccc(Cl)c(F)c1. The number of hydrogen-bond acceptors (Lipinski definition) is 2. The Hall–Kier alpha value is -0.640. The third kappa shape index (κ3) is 3.28. The normalized spacial score (nSPS) is 28.6. The van der Waals surface area contributed by atoms with Crippen molar-refractivity contribution in [2.75, 3.05) is 13.1 Å². The van der Waals surface area contributed by atoms with Crippen molar-refractivity contribution in [3.63, 3.8) is 0 Å². The Morgan fingerprint density at radius 3 is 2.89 bits per heavy atom. The molecular weight excluding hydrogens is 263 g/mol. The summed E-state index contributed by atoms with van der Waals surface area (Å²) in [6.45, 7) is 9.37. The molecule has 1 aliphatic heterocycles. The van der Waals surface area contributed by atoms with Crippen LogP contribution < -0.4 is 5.32 Å². The quantitative estimate of drug-likeness (QED) is 0.915. The van der Waals surface area contributed by atoms with Crippen LogP contribution in [-0.2, 0) is 6.54 Å². The smallest absolute Gasteiger partial charge is 0.142 e. The number of nitrogens with one attached hydrogen (secondary N) is 1. The van der Waals surface area contributed by atoms with Crippen LogP contribution in [0.5, 0.6) is 0 Å². The molecule has 2 unspecified atom stereocenters. The summed E-state index contributed by atoms with van der Waals surface area (Å²) in [6, 6.07) is 5.57. The van der Waals surface area contributed by atoms with Crippen LogP contribution in [0.1, 0.15) is 32.8 Å². The predicted molar refractivity (Wildman–Crippen MR) is 78.0 cm³/mol. The van der Waals surface area contributed by atoms with E-state index in [-0.39, 0.29) is 16.4 Å². The topological polar surface area (TPSA) is 15.3 Å². The van der Waals surface area contributed by atoms with Crippen molar-refractivity contribution in [2.24, 2.45) is 0 Å². The van der Waals surface area contributed by atoms with Crippen molar-refractivity contribution in [3.8, 4) is 0 Å². The molecule has 0 aliphatic carbocycles. The molecule has 4 heteroatoms. The zero-order valence-corrected chi connectivity index (χ0v) is 12.6. The summed E-state index contributed by atoms with van der Waals surface area (Å²) in [6.07, 6.45) is 1.07. The first-order valence-electron chi connectivity index (χ1n) is 6.87. The fourth-order valence-electron chi connectivity index (χ4n) is 2.58. The molecule has 1 N–H and O–H groups in total. The number of benzene rings is 1. The highest BCUT2D eigenvalue weighted by Crippen LogP contribution is 2.26. The van der Waals surface area contributed by atoms with Gasteiger partial charge in [-0.2, -0.15) is 0 Å². The second-order valence-electron chi connectivity index (χ2n) is 5.76. The van der Waals surface area contributed by atoms with E-state index >= 15 is 0 Å². The molecule has 2 atom stereocenters. The molecule has 1 aliphatic rings. The van der Waals surface area contributed by atoms with E-state index in [1.807, 2.05) is 6.07 Å². The van der Waals surface area contributed by atoms with Crippen LogP contribution in [0.15, 0.2) is 18.2 Å². The Kier molecular flexibility index (Phi) is 4.49. The first kappa shape index (κ1) is 14.8. The summed E-state index contributed by atoms with van der Waals surface area (Å²) in [5, 5.41) is 3.71. The molecule has 0 radical (unpaired) electrons. The monoisotopic (exact) mass is 284 g/mol. The van der Waals surface area contributed by atoms with E-state index in [1.54, 1.807) is 12.1 Å². The highest BCUT2D eigenvalue weighted by Gasteiger charge is 2.34. The third-order valence-electron chi connectivity index (χ3n) is 4.21. The summed E-state index contributed by atoms with van der Waals surface area (Å²) >= 11 is 5.73. The maximum absolute atomic E-state index is 13.5. The van der Waals surface area contributed by atoms with Gasteiger partial charge in [0.1, 0.15) is 5.82 Å². The second kappa shape index (κ2) is 5.78. The van der Waals surface area contributed by atoms with Gasteiger partial charge in [-0.25, -0.2) is 4.39 Å². The number of halogens is 2. The molecule has 1 saturated heterocycles. The molecule has 1 aromatic rings. The standard InChI is InChI=1S/C15H22ClFN2/c1-4-15(3)10-18-11(2)8-19(15)9-12-5-6-13(16)14(17)7-12/h5-7,11,18H,4,8-10H2,1-3H3. The van der Waals surface area contributed by atoms with Gasteiger partial charge in [0.15, 0.2) is 0 Å². The molecule has 1 aromatic carbocycles. The molecule has 1 heterocycles. The Labute approximate surface area is 119 Å². The molecule has 0 aromatic heterocycles. The van der Waals surface area contributed by atoms with Crippen molar-refractivity contribution < 1.29 is 4.39 Å². The van der Waals surface area contributed by atoms with Gasteiger partial charge < -0.3 is 5.32 Å². The van der Waals surface area contributed by atoms with E-state index in [9.17, 15) is 4.39 Å². The lowest BCUT2D eigenvalue weighted by molar-refractivity contribution is 0.0452. The fourth-order valence-corrected chi connectivity index (χ4v) is 2.70. The second-order valence-corrected chi connectivity index (χ2v) is 6.17. The van der Waals surface area contributed by atoms with Gasteiger partial charge in [-0.15, -0.1) is 0 Å². The minimum atomic E-state index is -0.333. The molecule has 19 heavy (non-hydrogen) atoms. The van der Waals surface area contributed by atoms with Gasteiger partial charge >= 0.3 is 0 Å². The van der Waals surface area contributed by atoms with E-state index in [1.165, 1.54) is 0 Å². The number of nitrogens with zero attached hydrogens (tertiary/aromatic N) is 1. The summed E-state index contributed by atoms with van der Waals surface area (Å²) in [5.41, 5.74) is 1.11. The molecule has 2 rings (SSSR count). The van der Waals surface area contributed by atoms with Crippen molar-refractivity contribution in [3.05, 3.63) is 34.6 Å².